The average molecular weight is 323 g/mol. The molecule has 0 aliphatic rings. The van der Waals surface area contributed by atoms with Gasteiger partial charge in [0.05, 0.1) is 30.8 Å². The minimum Gasteiger partial charge on any atom is -0.352 e. The highest BCUT2D eigenvalue weighted by molar-refractivity contribution is 7.98. The van der Waals surface area contributed by atoms with Gasteiger partial charge in [0.15, 0.2) is 0 Å². The third-order valence-electron chi connectivity index (χ3n) is 3.24. The maximum Gasteiger partial charge on any atom is 0.148 e. The fourth-order valence-electron chi connectivity index (χ4n) is 2.06. The Hall–Kier alpha value is -2.47. The van der Waals surface area contributed by atoms with Gasteiger partial charge in [0.25, 0.3) is 0 Å². The molecule has 3 aromatic rings. The molecule has 1 aromatic carbocycles. The van der Waals surface area contributed by atoms with Crippen LogP contribution in [0.1, 0.15) is 11.3 Å². The Kier molecular flexibility index (Phi) is 5.16. The first kappa shape index (κ1) is 15.4. The van der Waals surface area contributed by atoms with Crippen LogP contribution in [0.2, 0.25) is 0 Å². The van der Waals surface area contributed by atoms with Crippen LogP contribution < -0.4 is 4.90 Å². The Morgan fingerprint density at radius 2 is 1.87 bits per heavy atom. The first-order valence-electron chi connectivity index (χ1n) is 7.26. The molecule has 0 saturated carbocycles. The lowest BCUT2D eigenvalue weighted by Crippen LogP contribution is -2.18. The molecule has 0 atom stereocenters. The molecule has 0 fully saturated rings. The van der Waals surface area contributed by atoms with Crippen molar-refractivity contribution in [1.29, 1.82) is 0 Å². The Morgan fingerprint density at radius 1 is 1.00 bits per heavy atom. The molecular formula is C17H17N5S. The van der Waals surface area contributed by atoms with Crippen LogP contribution in [0, 0.1) is 0 Å². The zero-order valence-electron chi connectivity index (χ0n) is 12.8. The van der Waals surface area contributed by atoms with Gasteiger partial charge >= 0.3 is 0 Å². The number of aromatic nitrogens is 4. The molecule has 6 heteroatoms. The van der Waals surface area contributed by atoms with Crippen LogP contribution in [0.3, 0.4) is 0 Å². The highest BCUT2D eigenvalue weighted by atomic mass is 32.2. The third-order valence-corrected chi connectivity index (χ3v) is 4.21. The molecule has 3 rings (SSSR count). The second kappa shape index (κ2) is 7.69. The summed E-state index contributed by atoms with van der Waals surface area (Å²) in [6.45, 7) is 0.648. The molecule has 0 radical (unpaired) electrons. The van der Waals surface area contributed by atoms with E-state index < -0.39 is 0 Å². The van der Waals surface area contributed by atoms with Crippen molar-refractivity contribution in [2.75, 3.05) is 11.9 Å². The zero-order valence-corrected chi connectivity index (χ0v) is 13.6. The molecule has 2 heterocycles. The first-order chi connectivity index (χ1) is 11.3. The number of hydrogen-bond acceptors (Lipinski definition) is 6. The van der Waals surface area contributed by atoms with Crippen LogP contribution in [-0.2, 0) is 12.3 Å². The van der Waals surface area contributed by atoms with Gasteiger partial charge in [-0.25, -0.2) is 4.98 Å². The summed E-state index contributed by atoms with van der Waals surface area (Å²) in [6.07, 6.45) is 8.69. The van der Waals surface area contributed by atoms with Crippen LogP contribution in [0.15, 0.2) is 66.3 Å². The molecule has 0 bridgehead atoms. The summed E-state index contributed by atoms with van der Waals surface area (Å²) in [5.74, 6) is 1.71. The van der Waals surface area contributed by atoms with Crippen molar-refractivity contribution < 1.29 is 0 Å². The maximum atomic E-state index is 4.66. The van der Waals surface area contributed by atoms with E-state index in [0.717, 1.165) is 22.3 Å². The SMILES string of the molecule is CN(Cc1cnccn1)c1cncc(SCc2ccccc2)n1. The van der Waals surface area contributed by atoms with Crippen LogP contribution in [0.4, 0.5) is 5.82 Å². The smallest absolute Gasteiger partial charge is 0.148 e. The van der Waals surface area contributed by atoms with Gasteiger partial charge in [0.1, 0.15) is 10.8 Å². The molecule has 0 amide bonds. The van der Waals surface area contributed by atoms with Crippen molar-refractivity contribution >= 4 is 17.6 Å². The first-order valence-corrected chi connectivity index (χ1v) is 8.24. The molecule has 23 heavy (non-hydrogen) atoms. The van der Waals surface area contributed by atoms with E-state index in [1.54, 1.807) is 42.7 Å². The quantitative estimate of drug-likeness (QED) is 0.649. The number of anilines is 1. The van der Waals surface area contributed by atoms with E-state index >= 15 is 0 Å². The lowest BCUT2D eigenvalue weighted by Gasteiger charge is -2.17. The van der Waals surface area contributed by atoms with E-state index in [-0.39, 0.29) is 0 Å². The van der Waals surface area contributed by atoms with Crippen molar-refractivity contribution in [2.24, 2.45) is 0 Å². The number of nitrogens with zero attached hydrogens (tertiary/aromatic N) is 5. The van der Waals surface area contributed by atoms with Crippen LogP contribution >= 0.6 is 11.8 Å². The van der Waals surface area contributed by atoms with Crippen molar-refractivity contribution in [3.8, 4) is 0 Å². The fraction of sp³-hybridized carbons (Fsp3) is 0.176. The largest absolute Gasteiger partial charge is 0.352 e. The van der Waals surface area contributed by atoms with Gasteiger partial charge in [-0.1, -0.05) is 30.3 Å². The molecule has 0 spiro atoms. The summed E-state index contributed by atoms with van der Waals surface area (Å²) in [5.41, 5.74) is 2.18. The minimum absolute atomic E-state index is 0.648. The molecule has 2 aromatic heterocycles. The third kappa shape index (κ3) is 4.50. The van der Waals surface area contributed by atoms with Gasteiger partial charge in [-0.05, 0) is 5.56 Å². The van der Waals surface area contributed by atoms with Crippen molar-refractivity contribution in [3.63, 3.8) is 0 Å². The van der Waals surface area contributed by atoms with E-state index in [0.29, 0.717) is 6.54 Å². The molecule has 0 N–H and O–H groups in total. The number of benzene rings is 1. The molecular weight excluding hydrogens is 306 g/mol. The van der Waals surface area contributed by atoms with Gasteiger partial charge in [-0.15, -0.1) is 11.8 Å². The molecule has 0 aliphatic heterocycles. The average Bonchev–Trinajstić information content (AvgIpc) is 2.62. The number of rotatable bonds is 6. The van der Waals surface area contributed by atoms with Crippen LogP contribution in [0.5, 0.6) is 0 Å². The van der Waals surface area contributed by atoms with E-state index in [1.807, 2.05) is 30.1 Å². The van der Waals surface area contributed by atoms with Gasteiger partial charge in [-0.2, -0.15) is 0 Å². The van der Waals surface area contributed by atoms with Gasteiger partial charge in [0.2, 0.25) is 0 Å². The summed E-state index contributed by atoms with van der Waals surface area (Å²) in [6, 6.07) is 10.4. The van der Waals surface area contributed by atoms with E-state index in [1.165, 1.54) is 5.56 Å². The lowest BCUT2D eigenvalue weighted by atomic mass is 10.2. The highest BCUT2D eigenvalue weighted by Gasteiger charge is 2.07. The summed E-state index contributed by atoms with van der Waals surface area (Å²) in [4.78, 5) is 19.3. The summed E-state index contributed by atoms with van der Waals surface area (Å²) in [5, 5.41) is 0.914. The summed E-state index contributed by atoms with van der Waals surface area (Å²) >= 11 is 1.68. The molecule has 0 unspecified atom stereocenters. The second-order valence-electron chi connectivity index (χ2n) is 5.04. The van der Waals surface area contributed by atoms with Crippen molar-refractivity contribution in [2.45, 2.75) is 17.3 Å². The van der Waals surface area contributed by atoms with Crippen LogP contribution in [-0.4, -0.2) is 27.0 Å². The number of hydrogen-bond donors (Lipinski definition) is 0. The van der Waals surface area contributed by atoms with Crippen molar-refractivity contribution in [1.82, 2.24) is 19.9 Å². The number of thioether (sulfide) groups is 1. The summed E-state index contributed by atoms with van der Waals surface area (Å²) < 4.78 is 0. The lowest BCUT2D eigenvalue weighted by molar-refractivity contribution is 0.838. The Labute approximate surface area is 139 Å². The van der Waals surface area contributed by atoms with E-state index in [4.69, 9.17) is 0 Å². The molecule has 5 nitrogen and oxygen atoms in total. The molecule has 0 saturated heterocycles. The Bertz CT molecular complexity index is 736. The highest BCUT2D eigenvalue weighted by Crippen LogP contribution is 2.22. The summed E-state index contributed by atoms with van der Waals surface area (Å²) in [7, 11) is 1.98. The Balaban J connectivity index is 1.64. The molecule has 116 valence electrons. The normalized spacial score (nSPS) is 10.5. The second-order valence-corrected chi connectivity index (χ2v) is 6.04. The van der Waals surface area contributed by atoms with Gasteiger partial charge in [-0.3, -0.25) is 15.0 Å². The maximum absolute atomic E-state index is 4.66. The van der Waals surface area contributed by atoms with E-state index in [2.05, 4.69) is 32.1 Å². The predicted molar refractivity (Wildman–Crippen MR) is 92.2 cm³/mol. The molecule has 0 aliphatic carbocycles. The minimum atomic E-state index is 0.648. The monoisotopic (exact) mass is 323 g/mol. The van der Waals surface area contributed by atoms with Crippen LogP contribution in [0.25, 0.3) is 0 Å². The topological polar surface area (TPSA) is 54.8 Å². The van der Waals surface area contributed by atoms with Gasteiger partial charge in [0, 0.05) is 25.2 Å². The fourth-order valence-corrected chi connectivity index (χ4v) is 2.86. The van der Waals surface area contributed by atoms with Crippen molar-refractivity contribution in [3.05, 3.63) is 72.6 Å². The predicted octanol–water partition coefficient (Wildman–Crippen LogP) is 3.20. The van der Waals surface area contributed by atoms with Gasteiger partial charge < -0.3 is 4.90 Å². The zero-order chi connectivity index (χ0) is 15.9. The van der Waals surface area contributed by atoms with E-state index in [9.17, 15) is 0 Å². The Morgan fingerprint density at radius 3 is 2.65 bits per heavy atom. The standard InChI is InChI=1S/C17H17N5S/c1-22(12-15-9-18-7-8-20-15)16-10-19-11-17(21-16)23-13-14-5-3-2-4-6-14/h2-11H,12-13H2,1H3.